The lowest BCUT2D eigenvalue weighted by atomic mass is 9.58. The van der Waals surface area contributed by atoms with Crippen LogP contribution in [0.2, 0.25) is 0 Å². The van der Waals surface area contributed by atoms with Crippen LogP contribution in [0.25, 0.3) is 0 Å². The zero-order valence-corrected chi connectivity index (χ0v) is 20.9. The quantitative estimate of drug-likeness (QED) is 0.399. The number of carbonyl (C=O) groups is 1. The second-order valence-corrected chi connectivity index (χ2v) is 10.4. The average Bonchev–Trinajstić information content (AvgIpc) is 2.70. The van der Waals surface area contributed by atoms with E-state index in [9.17, 15) is 4.79 Å². The van der Waals surface area contributed by atoms with Gasteiger partial charge in [0, 0.05) is 11.6 Å². The van der Waals surface area contributed by atoms with Gasteiger partial charge in [0.2, 0.25) is 5.91 Å². The van der Waals surface area contributed by atoms with Gasteiger partial charge in [-0.2, -0.15) is 0 Å². The zero-order valence-electron chi connectivity index (χ0n) is 20.9. The predicted molar refractivity (Wildman–Crippen MR) is 128 cm³/mol. The molecule has 0 aliphatic carbocycles. The number of carbonyl (C=O) groups excluding carboxylic acids is 1. The Hall–Kier alpha value is -1.31. The molecule has 0 aliphatic heterocycles. The Morgan fingerprint density at radius 2 is 1.41 bits per heavy atom. The Bertz CT molecular complexity index is 626. The first kappa shape index (κ1) is 25.7. The van der Waals surface area contributed by atoms with E-state index in [1.807, 2.05) is 0 Å². The van der Waals surface area contributed by atoms with Gasteiger partial charge in [-0.3, -0.25) is 4.79 Å². The van der Waals surface area contributed by atoms with E-state index in [1.165, 1.54) is 18.4 Å². The van der Waals surface area contributed by atoms with Crippen molar-refractivity contribution in [3.63, 3.8) is 0 Å². The zero-order chi connectivity index (χ0) is 22.4. The molecule has 29 heavy (non-hydrogen) atoms. The molecule has 0 bridgehead atoms. The third kappa shape index (κ3) is 6.09. The van der Waals surface area contributed by atoms with Crippen molar-refractivity contribution in [2.45, 2.75) is 100 Å². The van der Waals surface area contributed by atoms with E-state index < -0.39 is 0 Å². The highest BCUT2D eigenvalue weighted by Gasteiger charge is 2.41. The lowest BCUT2D eigenvalue weighted by molar-refractivity contribution is -0.121. The van der Waals surface area contributed by atoms with Gasteiger partial charge < -0.3 is 5.32 Å². The molecule has 0 fully saturated rings. The van der Waals surface area contributed by atoms with Crippen LogP contribution in [0.5, 0.6) is 0 Å². The summed E-state index contributed by atoms with van der Waals surface area (Å²) in [5.41, 5.74) is 2.75. The van der Waals surface area contributed by atoms with Gasteiger partial charge in [0.15, 0.2) is 0 Å². The first-order valence-corrected chi connectivity index (χ1v) is 11.9. The van der Waals surface area contributed by atoms with E-state index in [0.29, 0.717) is 23.2 Å². The van der Waals surface area contributed by atoms with E-state index in [-0.39, 0.29) is 17.2 Å². The first-order chi connectivity index (χ1) is 13.4. The summed E-state index contributed by atoms with van der Waals surface area (Å²) in [6, 6.07) is 8.65. The van der Waals surface area contributed by atoms with E-state index in [2.05, 4.69) is 98.8 Å². The standard InChI is InChI=1S/C27H47NO/c1-11-26(9,12-2)21(8)27(10,13-3)22-14-16-23(17-15-22)28-25(29)24(20(6)7)18-19(4)5/h14-17,19-21,24H,11-13,18H2,1-10H3,(H,28,29). The minimum absolute atomic E-state index is 0.0606. The number of benzene rings is 1. The Labute approximate surface area is 181 Å². The normalized spacial score (nSPS) is 16.6. The molecule has 0 aliphatic rings. The maximum atomic E-state index is 12.8. The minimum Gasteiger partial charge on any atom is -0.326 e. The molecule has 0 spiro atoms. The summed E-state index contributed by atoms with van der Waals surface area (Å²) in [5, 5.41) is 3.17. The predicted octanol–water partition coefficient (Wildman–Crippen LogP) is 8.07. The molecule has 0 saturated heterocycles. The van der Waals surface area contributed by atoms with Crippen LogP contribution in [0.4, 0.5) is 5.69 Å². The second kappa shape index (κ2) is 10.6. The van der Waals surface area contributed by atoms with Crippen molar-refractivity contribution < 1.29 is 4.79 Å². The Morgan fingerprint density at radius 3 is 1.79 bits per heavy atom. The number of anilines is 1. The molecule has 166 valence electrons. The topological polar surface area (TPSA) is 29.1 Å². The van der Waals surface area contributed by atoms with Gasteiger partial charge in [0.05, 0.1) is 0 Å². The third-order valence-corrected chi connectivity index (χ3v) is 8.03. The highest BCUT2D eigenvalue weighted by molar-refractivity contribution is 5.92. The minimum atomic E-state index is 0.0606. The highest BCUT2D eigenvalue weighted by atomic mass is 16.1. The summed E-state index contributed by atoms with van der Waals surface area (Å²) < 4.78 is 0. The molecule has 1 aromatic rings. The first-order valence-electron chi connectivity index (χ1n) is 11.9. The number of hydrogen-bond donors (Lipinski definition) is 1. The summed E-state index contributed by atoms with van der Waals surface area (Å²) in [4.78, 5) is 12.8. The average molecular weight is 402 g/mol. The summed E-state index contributed by atoms with van der Waals surface area (Å²) in [5.74, 6) is 1.66. The monoisotopic (exact) mass is 401 g/mol. The molecule has 1 rings (SSSR count). The van der Waals surface area contributed by atoms with Gasteiger partial charge in [0.1, 0.15) is 0 Å². The van der Waals surface area contributed by atoms with E-state index in [0.717, 1.165) is 18.5 Å². The van der Waals surface area contributed by atoms with Crippen LogP contribution in [0.1, 0.15) is 100 Å². The number of amides is 1. The van der Waals surface area contributed by atoms with Crippen molar-refractivity contribution in [1.29, 1.82) is 0 Å². The molecule has 2 heteroatoms. The smallest absolute Gasteiger partial charge is 0.227 e. The van der Waals surface area contributed by atoms with E-state index in [4.69, 9.17) is 0 Å². The van der Waals surface area contributed by atoms with E-state index in [1.54, 1.807) is 0 Å². The van der Waals surface area contributed by atoms with Crippen LogP contribution < -0.4 is 5.32 Å². The van der Waals surface area contributed by atoms with Crippen molar-refractivity contribution in [1.82, 2.24) is 0 Å². The maximum Gasteiger partial charge on any atom is 0.227 e. The van der Waals surface area contributed by atoms with Crippen LogP contribution in [0.15, 0.2) is 24.3 Å². The molecule has 3 unspecified atom stereocenters. The fourth-order valence-corrected chi connectivity index (χ4v) is 4.75. The Kier molecular flexibility index (Phi) is 9.44. The largest absolute Gasteiger partial charge is 0.326 e. The summed E-state index contributed by atoms with van der Waals surface area (Å²) in [6.45, 7) is 22.9. The number of hydrogen-bond acceptors (Lipinski definition) is 1. The maximum absolute atomic E-state index is 12.8. The molecular formula is C27H47NO. The number of rotatable bonds is 11. The molecule has 1 N–H and O–H groups in total. The molecule has 0 radical (unpaired) electrons. The van der Waals surface area contributed by atoms with Crippen molar-refractivity contribution in [2.24, 2.45) is 29.1 Å². The molecule has 0 aromatic heterocycles. The van der Waals surface area contributed by atoms with Gasteiger partial charge in [-0.05, 0) is 59.1 Å². The van der Waals surface area contributed by atoms with E-state index >= 15 is 0 Å². The summed E-state index contributed by atoms with van der Waals surface area (Å²) in [7, 11) is 0. The van der Waals surface area contributed by atoms with Crippen LogP contribution in [0, 0.1) is 29.1 Å². The van der Waals surface area contributed by atoms with Crippen molar-refractivity contribution in [2.75, 3.05) is 5.32 Å². The van der Waals surface area contributed by atoms with Crippen LogP contribution in [-0.2, 0) is 10.2 Å². The summed E-state index contributed by atoms with van der Waals surface area (Å²) >= 11 is 0. The Balaban J connectivity index is 3.05. The fourth-order valence-electron chi connectivity index (χ4n) is 4.75. The molecule has 3 atom stereocenters. The van der Waals surface area contributed by atoms with Gasteiger partial charge in [-0.25, -0.2) is 0 Å². The van der Waals surface area contributed by atoms with Crippen LogP contribution in [-0.4, -0.2) is 5.91 Å². The molecule has 1 aromatic carbocycles. The molecule has 0 saturated carbocycles. The lowest BCUT2D eigenvalue weighted by Gasteiger charge is -2.46. The van der Waals surface area contributed by atoms with Crippen LogP contribution >= 0.6 is 0 Å². The number of nitrogens with one attached hydrogen (secondary N) is 1. The molecule has 1 amide bonds. The lowest BCUT2D eigenvalue weighted by Crippen LogP contribution is -2.40. The molecule has 0 heterocycles. The van der Waals surface area contributed by atoms with Crippen molar-refractivity contribution in [3.8, 4) is 0 Å². The summed E-state index contributed by atoms with van der Waals surface area (Å²) in [6.07, 6.45) is 4.43. The van der Waals surface area contributed by atoms with Crippen LogP contribution in [0.3, 0.4) is 0 Å². The second-order valence-electron chi connectivity index (χ2n) is 10.4. The SMILES string of the molecule is CCC(C)(CC)C(C)C(C)(CC)c1ccc(NC(=O)C(CC(C)C)C(C)C)cc1. The van der Waals surface area contributed by atoms with Gasteiger partial charge in [-0.1, -0.05) is 94.2 Å². The van der Waals surface area contributed by atoms with Gasteiger partial charge >= 0.3 is 0 Å². The van der Waals surface area contributed by atoms with Gasteiger partial charge in [0.25, 0.3) is 0 Å². The molecular weight excluding hydrogens is 354 g/mol. The fraction of sp³-hybridized carbons (Fsp3) is 0.741. The van der Waals surface area contributed by atoms with Gasteiger partial charge in [-0.15, -0.1) is 0 Å². The molecule has 2 nitrogen and oxygen atoms in total. The highest BCUT2D eigenvalue weighted by Crippen LogP contribution is 2.48. The Morgan fingerprint density at radius 1 is 0.897 bits per heavy atom. The van der Waals surface area contributed by atoms with Crippen molar-refractivity contribution in [3.05, 3.63) is 29.8 Å². The third-order valence-electron chi connectivity index (χ3n) is 8.03. The van der Waals surface area contributed by atoms with Crippen molar-refractivity contribution >= 4 is 11.6 Å².